The molecule has 7 nitrogen and oxygen atoms in total. The van der Waals surface area contributed by atoms with Gasteiger partial charge in [-0.05, 0) is 45.6 Å². The lowest BCUT2D eigenvalue weighted by atomic mass is 9.99. The second kappa shape index (κ2) is 10.4. The molecule has 0 saturated heterocycles. The zero-order chi connectivity index (χ0) is 19.6. The third kappa shape index (κ3) is 9.66. The third-order valence-corrected chi connectivity index (χ3v) is 3.43. The highest BCUT2D eigenvalue weighted by molar-refractivity contribution is 5.89. The summed E-state index contributed by atoms with van der Waals surface area (Å²) in [6, 6.07) is 8.66. The van der Waals surface area contributed by atoms with Crippen LogP contribution >= 0.6 is 0 Å². The number of unbranched alkanes of at least 4 members (excludes halogenated alkanes) is 1. The molecule has 0 aromatic heterocycles. The summed E-state index contributed by atoms with van der Waals surface area (Å²) in [5.41, 5.74) is 5.14. The molecule has 0 radical (unpaired) electrons. The van der Waals surface area contributed by atoms with Gasteiger partial charge >= 0.3 is 12.2 Å². The second-order valence-corrected chi connectivity index (χ2v) is 6.99. The van der Waals surface area contributed by atoms with Crippen LogP contribution in [-0.4, -0.2) is 36.2 Å². The molecule has 26 heavy (non-hydrogen) atoms. The van der Waals surface area contributed by atoms with Crippen molar-refractivity contribution in [1.29, 1.82) is 0 Å². The maximum absolute atomic E-state index is 12.6. The van der Waals surface area contributed by atoms with Crippen LogP contribution in [0.5, 0.6) is 0 Å². The molecular formula is C19H28N2O5. The fourth-order valence-electron chi connectivity index (χ4n) is 2.31. The van der Waals surface area contributed by atoms with Crippen molar-refractivity contribution in [3.63, 3.8) is 0 Å². The molecule has 144 valence electrons. The van der Waals surface area contributed by atoms with Gasteiger partial charge in [0.2, 0.25) is 0 Å². The third-order valence-electron chi connectivity index (χ3n) is 3.43. The molecule has 0 aliphatic carbocycles. The van der Waals surface area contributed by atoms with Crippen LogP contribution in [0.3, 0.4) is 0 Å². The first kappa shape index (κ1) is 21.5. The Morgan fingerprint density at radius 2 is 1.77 bits per heavy atom. The number of amides is 2. The Kier molecular flexibility index (Phi) is 8.61. The van der Waals surface area contributed by atoms with Gasteiger partial charge in [0.25, 0.3) is 0 Å². The average molecular weight is 364 g/mol. The summed E-state index contributed by atoms with van der Waals surface area (Å²) in [4.78, 5) is 35.2. The van der Waals surface area contributed by atoms with Crippen molar-refractivity contribution in [2.75, 3.05) is 6.61 Å². The molecule has 0 spiro atoms. The molecule has 1 atom stereocenters. The SMILES string of the molecule is CC(C)(C)OC(=O)N[C@@H](CCCCOC(N)=O)C(=O)Cc1ccccc1. The van der Waals surface area contributed by atoms with E-state index >= 15 is 0 Å². The summed E-state index contributed by atoms with van der Waals surface area (Å²) >= 11 is 0. The van der Waals surface area contributed by atoms with Gasteiger partial charge in [0, 0.05) is 6.42 Å². The number of ether oxygens (including phenoxy) is 2. The van der Waals surface area contributed by atoms with E-state index in [1.807, 2.05) is 30.3 Å². The van der Waals surface area contributed by atoms with Crippen LogP contribution in [0.2, 0.25) is 0 Å². The van der Waals surface area contributed by atoms with E-state index in [0.29, 0.717) is 19.3 Å². The lowest BCUT2D eigenvalue weighted by Crippen LogP contribution is -2.44. The fourth-order valence-corrected chi connectivity index (χ4v) is 2.31. The Labute approximate surface area is 154 Å². The van der Waals surface area contributed by atoms with Gasteiger partial charge in [-0.15, -0.1) is 0 Å². The molecule has 1 aromatic carbocycles. The van der Waals surface area contributed by atoms with Gasteiger partial charge < -0.3 is 20.5 Å². The van der Waals surface area contributed by atoms with Gasteiger partial charge in [-0.25, -0.2) is 9.59 Å². The van der Waals surface area contributed by atoms with Crippen molar-refractivity contribution in [3.05, 3.63) is 35.9 Å². The lowest BCUT2D eigenvalue weighted by Gasteiger charge is -2.23. The molecule has 0 saturated carbocycles. The monoisotopic (exact) mass is 364 g/mol. The van der Waals surface area contributed by atoms with E-state index in [1.165, 1.54) is 0 Å². The number of hydrogen-bond acceptors (Lipinski definition) is 5. The van der Waals surface area contributed by atoms with Crippen LogP contribution in [-0.2, 0) is 20.7 Å². The highest BCUT2D eigenvalue weighted by Crippen LogP contribution is 2.11. The van der Waals surface area contributed by atoms with E-state index in [4.69, 9.17) is 10.5 Å². The fraction of sp³-hybridized carbons (Fsp3) is 0.526. The normalized spacial score (nSPS) is 12.1. The van der Waals surface area contributed by atoms with Crippen molar-refractivity contribution in [2.45, 2.75) is 58.1 Å². The number of nitrogens with one attached hydrogen (secondary N) is 1. The van der Waals surface area contributed by atoms with Crippen LogP contribution in [0, 0.1) is 0 Å². The molecule has 7 heteroatoms. The van der Waals surface area contributed by atoms with Crippen molar-refractivity contribution in [3.8, 4) is 0 Å². The lowest BCUT2D eigenvalue weighted by molar-refractivity contribution is -0.120. The van der Waals surface area contributed by atoms with Gasteiger partial charge in [-0.1, -0.05) is 30.3 Å². The molecule has 0 unspecified atom stereocenters. The molecule has 3 N–H and O–H groups in total. The summed E-state index contributed by atoms with van der Waals surface area (Å²) in [6.45, 7) is 5.46. The topological polar surface area (TPSA) is 108 Å². The van der Waals surface area contributed by atoms with E-state index in [0.717, 1.165) is 5.56 Å². The molecule has 1 rings (SSSR count). The number of ketones is 1. The Bertz CT molecular complexity index is 596. The summed E-state index contributed by atoms with van der Waals surface area (Å²) in [5, 5.41) is 2.65. The number of alkyl carbamates (subject to hydrolysis) is 1. The van der Waals surface area contributed by atoms with Crippen LogP contribution in [0.1, 0.15) is 45.6 Å². The minimum atomic E-state index is -0.825. The highest BCUT2D eigenvalue weighted by Gasteiger charge is 2.24. The van der Waals surface area contributed by atoms with Crippen molar-refractivity contribution in [2.24, 2.45) is 5.73 Å². The Balaban J connectivity index is 2.62. The number of carbonyl (C=O) groups is 3. The summed E-state index contributed by atoms with van der Waals surface area (Å²) in [7, 11) is 0. The molecule has 1 aromatic rings. The number of benzene rings is 1. The standard InChI is InChI=1S/C19H28N2O5/c1-19(2,3)26-18(24)21-15(11-7-8-12-25-17(20)23)16(22)13-14-9-5-4-6-10-14/h4-6,9-10,15H,7-8,11-13H2,1-3H3,(H2,20,23)(H,21,24)/t15-/m0/s1. The molecular weight excluding hydrogens is 336 g/mol. The predicted octanol–water partition coefficient (Wildman–Crippen LogP) is 2.96. The van der Waals surface area contributed by atoms with Crippen LogP contribution in [0.4, 0.5) is 9.59 Å². The van der Waals surface area contributed by atoms with Crippen molar-refractivity contribution in [1.82, 2.24) is 5.32 Å². The van der Waals surface area contributed by atoms with Crippen LogP contribution in [0.25, 0.3) is 0 Å². The Morgan fingerprint density at radius 1 is 1.12 bits per heavy atom. The molecule has 0 fully saturated rings. The van der Waals surface area contributed by atoms with E-state index in [2.05, 4.69) is 10.1 Å². The maximum Gasteiger partial charge on any atom is 0.408 e. The van der Waals surface area contributed by atoms with E-state index < -0.39 is 23.8 Å². The van der Waals surface area contributed by atoms with Crippen LogP contribution < -0.4 is 11.1 Å². The zero-order valence-electron chi connectivity index (χ0n) is 15.6. The quantitative estimate of drug-likeness (QED) is 0.655. The molecule has 0 aliphatic heterocycles. The Hall–Kier alpha value is -2.57. The number of Topliss-reactive ketones (excluding diaryl/α,β-unsaturated/α-hetero) is 1. The predicted molar refractivity (Wildman–Crippen MR) is 97.7 cm³/mol. The van der Waals surface area contributed by atoms with Gasteiger partial charge in [0.05, 0.1) is 12.6 Å². The zero-order valence-corrected chi connectivity index (χ0v) is 15.6. The minimum Gasteiger partial charge on any atom is -0.450 e. The van der Waals surface area contributed by atoms with E-state index in [1.54, 1.807) is 20.8 Å². The number of carbonyl (C=O) groups excluding carboxylic acids is 3. The van der Waals surface area contributed by atoms with E-state index in [9.17, 15) is 14.4 Å². The molecule has 0 aliphatic rings. The Morgan fingerprint density at radius 3 is 2.35 bits per heavy atom. The van der Waals surface area contributed by atoms with E-state index in [-0.39, 0.29) is 18.8 Å². The first-order valence-corrected chi connectivity index (χ1v) is 8.66. The maximum atomic E-state index is 12.6. The average Bonchev–Trinajstić information content (AvgIpc) is 2.52. The van der Waals surface area contributed by atoms with Crippen LogP contribution in [0.15, 0.2) is 30.3 Å². The highest BCUT2D eigenvalue weighted by atomic mass is 16.6. The summed E-state index contributed by atoms with van der Waals surface area (Å²) < 4.78 is 9.91. The smallest absolute Gasteiger partial charge is 0.408 e. The molecule has 0 bridgehead atoms. The number of primary amides is 1. The van der Waals surface area contributed by atoms with Crippen molar-refractivity contribution < 1.29 is 23.9 Å². The largest absolute Gasteiger partial charge is 0.450 e. The summed E-state index contributed by atoms with van der Waals surface area (Å²) in [5.74, 6) is -0.0992. The summed E-state index contributed by atoms with van der Waals surface area (Å²) in [6.07, 6.45) is 0.333. The number of rotatable bonds is 9. The minimum absolute atomic E-state index is 0.0992. The second-order valence-electron chi connectivity index (χ2n) is 6.99. The number of nitrogens with two attached hydrogens (primary N) is 1. The van der Waals surface area contributed by atoms with Gasteiger partial charge in [-0.3, -0.25) is 4.79 Å². The number of hydrogen-bond donors (Lipinski definition) is 2. The first-order valence-electron chi connectivity index (χ1n) is 8.66. The molecule has 0 heterocycles. The van der Waals surface area contributed by atoms with Crippen molar-refractivity contribution >= 4 is 18.0 Å². The van der Waals surface area contributed by atoms with Gasteiger partial charge in [-0.2, -0.15) is 0 Å². The van der Waals surface area contributed by atoms with Gasteiger partial charge in [0.1, 0.15) is 5.60 Å². The first-order chi connectivity index (χ1) is 12.2. The molecule has 2 amide bonds. The van der Waals surface area contributed by atoms with Gasteiger partial charge in [0.15, 0.2) is 5.78 Å².